The van der Waals surface area contributed by atoms with Crippen LogP contribution in [0.25, 0.3) is 22.0 Å². The number of carboxylic acid groups (broad SMARTS) is 1. The normalized spacial score (nSPS) is 10.9. The molecule has 5 aromatic rings. The van der Waals surface area contributed by atoms with Gasteiger partial charge in [0, 0.05) is 40.2 Å². The minimum atomic E-state index is -0.935. The number of aromatic nitrogens is 1. The summed E-state index contributed by atoms with van der Waals surface area (Å²) < 4.78 is 3.14. The molecular weight excluding hydrogens is 516 g/mol. The number of nitrogens with one attached hydrogen (secondary N) is 1. The van der Waals surface area contributed by atoms with Gasteiger partial charge in [0.1, 0.15) is 0 Å². The highest BCUT2D eigenvalue weighted by atomic mass is 79.9. The zero-order valence-electron chi connectivity index (χ0n) is 19.3. The predicted molar refractivity (Wildman–Crippen MR) is 145 cm³/mol. The molecule has 0 unspecified atom stereocenters. The lowest BCUT2D eigenvalue weighted by atomic mass is 9.99. The lowest BCUT2D eigenvalue weighted by molar-refractivity contribution is 0.0697. The van der Waals surface area contributed by atoms with Crippen molar-refractivity contribution in [1.82, 2.24) is 9.88 Å². The van der Waals surface area contributed by atoms with E-state index in [1.165, 1.54) is 0 Å². The quantitative estimate of drug-likeness (QED) is 0.241. The first-order valence-corrected chi connectivity index (χ1v) is 12.3. The van der Waals surface area contributed by atoms with E-state index in [9.17, 15) is 14.7 Å². The van der Waals surface area contributed by atoms with Gasteiger partial charge < -0.3 is 15.0 Å². The largest absolute Gasteiger partial charge is 0.478 e. The van der Waals surface area contributed by atoms with Gasteiger partial charge in [0.05, 0.1) is 5.56 Å². The van der Waals surface area contributed by atoms with E-state index in [-0.39, 0.29) is 5.91 Å². The molecule has 1 aromatic heterocycles. The van der Waals surface area contributed by atoms with Crippen molar-refractivity contribution in [3.8, 4) is 11.1 Å². The first kappa shape index (κ1) is 23.6. The Bertz CT molecular complexity index is 1550. The molecule has 2 N–H and O–H groups in total. The second kappa shape index (κ2) is 10.2. The van der Waals surface area contributed by atoms with Gasteiger partial charge in [0.25, 0.3) is 5.91 Å². The van der Waals surface area contributed by atoms with E-state index >= 15 is 0 Å². The van der Waals surface area contributed by atoms with E-state index in [2.05, 4.69) is 25.8 Å². The summed E-state index contributed by atoms with van der Waals surface area (Å²) in [5, 5.41) is 13.4. The third-order valence-corrected chi connectivity index (χ3v) is 6.70. The summed E-state index contributed by atoms with van der Waals surface area (Å²) in [4.78, 5) is 24.2. The van der Waals surface area contributed by atoms with Crippen molar-refractivity contribution in [2.24, 2.45) is 0 Å². The summed E-state index contributed by atoms with van der Waals surface area (Å²) in [5.41, 5.74) is 5.66. The third kappa shape index (κ3) is 5.09. The van der Waals surface area contributed by atoms with Gasteiger partial charge in [-0.05, 0) is 64.7 Å². The Hall–Kier alpha value is -4.16. The maximum atomic E-state index is 12.7. The van der Waals surface area contributed by atoms with Crippen LogP contribution in [0.3, 0.4) is 0 Å². The molecule has 36 heavy (non-hydrogen) atoms. The number of hydrogen-bond acceptors (Lipinski definition) is 2. The number of nitrogens with zero attached hydrogens (tertiary/aromatic N) is 1. The number of carbonyl (C=O) groups excluding carboxylic acids is 1. The van der Waals surface area contributed by atoms with Crippen molar-refractivity contribution in [2.45, 2.75) is 13.1 Å². The first-order chi connectivity index (χ1) is 17.5. The standard InChI is InChI=1S/C30H23BrN2O3/c31-25-12-7-20(8-13-25)18-32-29(34)24-11-14-28-23(17-24)15-16-33(28)19-21-5-9-22(10-6-21)26-3-1-2-4-27(26)30(35)36/h1-17H,18-19H2,(H,32,34)(H,35,36). The number of carbonyl (C=O) groups is 2. The predicted octanol–water partition coefficient (Wildman–Crippen LogP) is 6.75. The molecular formula is C30H23BrN2O3. The van der Waals surface area contributed by atoms with Crippen LogP contribution < -0.4 is 5.32 Å². The van der Waals surface area contributed by atoms with Gasteiger partial charge in [0.2, 0.25) is 0 Å². The average Bonchev–Trinajstić information content (AvgIpc) is 3.30. The average molecular weight is 539 g/mol. The number of amides is 1. The van der Waals surface area contributed by atoms with Crippen LogP contribution in [0.2, 0.25) is 0 Å². The molecule has 4 aromatic carbocycles. The zero-order chi connectivity index (χ0) is 25.1. The van der Waals surface area contributed by atoms with E-state index in [1.54, 1.807) is 12.1 Å². The van der Waals surface area contributed by atoms with Crippen molar-refractivity contribution < 1.29 is 14.7 Å². The van der Waals surface area contributed by atoms with E-state index in [1.807, 2.05) is 91.1 Å². The van der Waals surface area contributed by atoms with Crippen molar-refractivity contribution in [3.63, 3.8) is 0 Å². The minimum Gasteiger partial charge on any atom is -0.478 e. The van der Waals surface area contributed by atoms with E-state index in [0.717, 1.165) is 32.1 Å². The molecule has 5 nitrogen and oxygen atoms in total. The summed E-state index contributed by atoms with van der Waals surface area (Å²) in [6.07, 6.45) is 2.02. The minimum absolute atomic E-state index is 0.107. The Morgan fingerprint density at radius 2 is 1.56 bits per heavy atom. The van der Waals surface area contributed by atoms with Crippen molar-refractivity contribution in [2.75, 3.05) is 0 Å². The monoisotopic (exact) mass is 538 g/mol. The molecule has 0 aliphatic carbocycles. The second-order valence-electron chi connectivity index (χ2n) is 8.57. The van der Waals surface area contributed by atoms with Crippen molar-refractivity contribution in [1.29, 1.82) is 0 Å². The van der Waals surface area contributed by atoms with Crippen LogP contribution in [-0.2, 0) is 13.1 Å². The van der Waals surface area contributed by atoms with Crippen LogP contribution in [-0.4, -0.2) is 21.6 Å². The highest BCUT2D eigenvalue weighted by molar-refractivity contribution is 9.10. The Kier molecular flexibility index (Phi) is 6.69. The third-order valence-electron chi connectivity index (χ3n) is 6.17. The molecule has 5 rings (SSSR count). The van der Waals surface area contributed by atoms with Crippen LogP contribution in [0.15, 0.2) is 108 Å². The van der Waals surface area contributed by atoms with Crippen LogP contribution >= 0.6 is 15.9 Å². The molecule has 1 amide bonds. The molecule has 0 spiro atoms. The summed E-state index contributed by atoms with van der Waals surface area (Å²) in [6, 6.07) is 30.6. The fourth-order valence-corrected chi connectivity index (χ4v) is 4.54. The number of halogens is 1. The number of benzene rings is 4. The molecule has 0 fully saturated rings. The fourth-order valence-electron chi connectivity index (χ4n) is 4.27. The van der Waals surface area contributed by atoms with Crippen molar-refractivity contribution >= 4 is 38.7 Å². The Balaban J connectivity index is 1.29. The Morgan fingerprint density at radius 1 is 0.833 bits per heavy atom. The maximum Gasteiger partial charge on any atom is 0.336 e. The van der Waals surface area contributed by atoms with Crippen LogP contribution in [0.5, 0.6) is 0 Å². The maximum absolute atomic E-state index is 12.7. The number of aromatic carboxylic acids is 1. The van der Waals surface area contributed by atoms with Gasteiger partial charge in [-0.1, -0.05) is 70.5 Å². The van der Waals surface area contributed by atoms with Gasteiger partial charge in [0.15, 0.2) is 0 Å². The van der Waals surface area contributed by atoms with Gasteiger partial charge in [-0.25, -0.2) is 4.79 Å². The molecule has 0 radical (unpaired) electrons. The molecule has 1 heterocycles. The van der Waals surface area contributed by atoms with E-state index in [4.69, 9.17) is 0 Å². The fraction of sp³-hybridized carbons (Fsp3) is 0.0667. The SMILES string of the molecule is O=C(NCc1ccc(Br)cc1)c1ccc2c(ccn2Cc2ccc(-c3ccccc3C(=O)O)cc2)c1. The van der Waals surface area contributed by atoms with Crippen LogP contribution in [0.1, 0.15) is 31.8 Å². The second-order valence-corrected chi connectivity index (χ2v) is 9.49. The lowest BCUT2D eigenvalue weighted by Crippen LogP contribution is -2.22. The summed E-state index contributed by atoms with van der Waals surface area (Å²) in [5.74, 6) is -1.04. The number of carboxylic acids is 1. The highest BCUT2D eigenvalue weighted by Gasteiger charge is 2.12. The number of hydrogen-bond donors (Lipinski definition) is 2. The molecule has 0 saturated carbocycles. The molecule has 0 atom stereocenters. The molecule has 178 valence electrons. The first-order valence-electron chi connectivity index (χ1n) is 11.5. The molecule has 0 aliphatic rings. The van der Waals surface area contributed by atoms with Crippen LogP contribution in [0, 0.1) is 0 Å². The van der Waals surface area contributed by atoms with Crippen molar-refractivity contribution in [3.05, 3.63) is 130 Å². The number of fused-ring (bicyclic) bond motifs is 1. The van der Waals surface area contributed by atoms with E-state index < -0.39 is 5.97 Å². The van der Waals surface area contributed by atoms with Gasteiger partial charge in [-0.3, -0.25) is 4.79 Å². The Morgan fingerprint density at radius 3 is 2.31 bits per heavy atom. The zero-order valence-corrected chi connectivity index (χ0v) is 20.9. The Labute approximate surface area is 217 Å². The molecule has 0 aliphatic heterocycles. The van der Waals surface area contributed by atoms with E-state index in [0.29, 0.717) is 29.8 Å². The summed E-state index contributed by atoms with van der Waals surface area (Å²) in [6.45, 7) is 1.14. The summed E-state index contributed by atoms with van der Waals surface area (Å²) in [7, 11) is 0. The number of rotatable bonds is 7. The van der Waals surface area contributed by atoms with Gasteiger partial charge in [-0.15, -0.1) is 0 Å². The lowest BCUT2D eigenvalue weighted by Gasteiger charge is -2.10. The smallest absolute Gasteiger partial charge is 0.336 e. The topological polar surface area (TPSA) is 71.3 Å². The van der Waals surface area contributed by atoms with Crippen LogP contribution in [0.4, 0.5) is 0 Å². The van der Waals surface area contributed by atoms with Gasteiger partial charge in [-0.2, -0.15) is 0 Å². The highest BCUT2D eigenvalue weighted by Crippen LogP contribution is 2.25. The molecule has 0 bridgehead atoms. The molecule has 0 saturated heterocycles. The molecule has 6 heteroatoms. The van der Waals surface area contributed by atoms with Gasteiger partial charge >= 0.3 is 5.97 Å². The summed E-state index contributed by atoms with van der Waals surface area (Å²) >= 11 is 3.42.